The van der Waals surface area contributed by atoms with Crippen LogP contribution in [0.5, 0.6) is 0 Å². The van der Waals surface area contributed by atoms with Crippen LogP contribution in [0.1, 0.15) is 21.6 Å². The highest BCUT2D eigenvalue weighted by Gasteiger charge is 2.30. The van der Waals surface area contributed by atoms with Crippen molar-refractivity contribution in [1.82, 2.24) is 9.97 Å². The first kappa shape index (κ1) is 18.6. The smallest absolute Gasteiger partial charge is 0.364 e. The lowest BCUT2D eigenvalue weighted by Gasteiger charge is -2.08. The third kappa shape index (κ3) is 4.53. The predicted molar refractivity (Wildman–Crippen MR) is 94.2 cm³/mol. The summed E-state index contributed by atoms with van der Waals surface area (Å²) in [6.45, 7) is 0. The zero-order valence-corrected chi connectivity index (χ0v) is 14.4. The molecule has 0 bridgehead atoms. The van der Waals surface area contributed by atoms with Crippen molar-refractivity contribution in [3.8, 4) is 11.3 Å². The van der Waals surface area contributed by atoms with Crippen molar-refractivity contribution in [2.24, 2.45) is 5.73 Å². The Morgan fingerprint density at radius 2 is 2.04 bits per heavy atom. The number of carbonyl (C=O) groups is 2. The molecular weight excluding hydrogens is 381 g/mol. The minimum absolute atomic E-state index is 0.213. The third-order valence-corrected chi connectivity index (χ3v) is 4.37. The molecule has 0 spiro atoms. The Labute approximate surface area is 155 Å². The lowest BCUT2D eigenvalue weighted by molar-refractivity contribution is -0.137. The number of aromatic nitrogens is 2. The van der Waals surface area contributed by atoms with Crippen molar-refractivity contribution in [3.63, 3.8) is 0 Å². The van der Waals surface area contributed by atoms with Gasteiger partial charge in [0.25, 0.3) is 5.91 Å². The molecular formula is C17H13F3N4O2S. The Morgan fingerprint density at radius 1 is 1.26 bits per heavy atom. The quantitative estimate of drug-likeness (QED) is 0.618. The number of nitrogens with two attached hydrogens (primary N) is 1. The first-order valence-corrected chi connectivity index (χ1v) is 8.50. The zero-order valence-electron chi connectivity index (χ0n) is 13.6. The molecule has 4 N–H and O–H groups in total. The number of nitrogens with one attached hydrogen (secondary N) is 2. The van der Waals surface area contributed by atoms with E-state index in [2.05, 4.69) is 15.3 Å². The normalized spacial score (nSPS) is 11.4. The van der Waals surface area contributed by atoms with Crippen molar-refractivity contribution in [3.05, 3.63) is 58.7 Å². The molecule has 10 heteroatoms. The number of thiazole rings is 1. The summed E-state index contributed by atoms with van der Waals surface area (Å²) in [5, 5.41) is 4.52. The van der Waals surface area contributed by atoms with E-state index in [9.17, 15) is 22.8 Å². The molecule has 0 fully saturated rings. The van der Waals surface area contributed by atoms with Crippen molar-refractivity contribution < 1.29 is 22.8 Å². The maximum atomic E-state index is 12.7. The van der Waals surface area contributed by atoms with Crippen LogP contribution in [0.4, 0.5) is 18.3 Å². The van der Waals surface area contributed by atoms with Crippen LogP contribution in [-0.4, -0.2) is 21.8 Å². The number of carbonyl (C=O) groups excluding carboxylic acids is 2. The number of aromatic amines is 1. The van der Waals surface area contributed by atoms with Gasteiger partial charge in [0, 0.05) is 17.1 Å². The maximum absolute atomic E-state index is 12.7. The van der Waals surface area contributed by atoms with Crippen molar-refractivity contribution in [2.45, 2.75) is 12.6 Å². The zero-order chi connectivity index (χ0) is 19.6. The molecule has 140 valence electrons. The summed E-state index contributed by atoms with van der Waals surface area (Å²) in [5.41, 5.74) is 5.99. The average molecular weight is 394 g/mol. The number of hydrogen-bond acceptors (Lipinski definition) is 4. The standard InChI is InChI=1S/C17H13F3N4O2S/c18-17(19,20)11-3-1-2-9(4-11)5-14(25)24-16-23-13(8-27-16)10-6-12(15(21)26)22-7-10/h1-4,6-8,22H,5H2,(H2,21,26)(H,23,24,25). The number of alkyl halides is 3. The monoisotopic (exact) mass is 394 g/mol. The average Bonchev–Trinajstić information content (AvgIpc) is 3.23. The fraction of sp³-hybridized carbons (Fsp3) is 0.118. The summed E-state index contributed by atoms with van der Waals surface area (Å²) in [5.74, 6) is -1.09. The summed E-state index contributed by atoms with van der Waals surface area (Å²) < 4.78 is 38.2. The van der Waals surface area contributed by atoms with E-state index in [1.54, 1.807) is 11.6 Å². The van der Waals surface area contributed by atoms with E-state index in [0.29, 0.717) is 16.4 Å². The number of rotatable bonds is 5. The minimum Gasteiger partial charge on any atom is -0.364 e. The second kappa shape index (κ2) is 7.23. The molecule has 6 nitrogen and oxygen atoms in total. The van der Waals surface area contributed by atoms with Crippen LogP contribution < -0.4 is 11.1 Å². The Balaban J connectivity index is 1.67. The molecule has 2 amide bonds. The van der Waals surface area contributed by atoms with E-state index < -0.39 is 23.6 Å². The third-order valence-electron chi connectivity index (χ3n) is 3.61. The van der Waals surface area contributed by atoms with Gasteiger partial charge >= 0.3 is 6.18 Å². The molecule has 3 rings (SSSR count). The van der Waals surface area contributed by atoms with Gasteiger partial charge in [-0.05, 0) is 17.7 Å². The lowest BCUT2D eigenvalue weighted by atomic mass is 10.1. The molecule has 2 aromatic heterocycles. The molecule has 0 saturated carbocycles. The van der Waals surface area contributed by atoms with Crippen molar-refractivity contribution >= 4 is 28.3 Å². The van der Waals surface area contributed by atoms with Gasteiger partial charge in [0.05, 0.1) is 17.7 Å². The highest BCUT2D eigenvalue weighted by molar-refractivity contribution is 7.14. The molecule has 3 aromatic rings. The molecule has 0 unspecified atom stereocenters. The van der Waals surface area contributed by atoms with Crippen LogP contribution in [0.3, 0.4) is 0 Å². The van der Waals surface area contributed by atoms with E-state index in [0.717, 1.165) is 23.5 Å². The molecule has 27 heavy (non-hydrogen) atoms. The van der Waals surface area contributed by atoms with Crippen LogP contribution in [0.25, 0.3) is 11.3 Å². The number of hydrogen-bond donors (Lipinski definition) is 3. The van der Waals surface area contributed by atoms with Gasteiger partial charge in [0.1, 0.15) is 5.69 Å². The first-order chi connectivity index (χ1) is 12.7. The Hall–Kier alpha value is -3.14. The Kier molecular flexibility index (Phi) is 5.00. The summed E-state index contributed by atoms with van der Waals surface area (Å²) in [7, 11) is 0. The molecule has 0 aliphatic carbocycles. The van der Waals surface area contributed by atoms with Crippen LogP contribution in [0.15, 0.2) is 41.9 Å². The number of nitrogens with zero attached hydrogens (tertiary/aromatic N) is 1. The highest BCUT2D eigenvalue weighted by Crippen LogP contribution is 2.30. The van der Waals surface area contributed by atoms with Gasteiger partial charge < -0.3 is 16.0 Å². The SMILES string of the molecule is NC(=O)c1cc(-c2csc(NC(=O)Cc3cccc(C(F)(F)F)c3)n2)c[nH]1. The summed E-state index contributed by atoms with van der Waals surface area (Å²) in [6, 6.07) is 6.14. The van der Waals surface area contributed by atoms with Gasteiger partial charge in [-0.25, -0.2) is 4.98 Å². The molecule has 1 aromatic carbocycles. The second-order valence-corrected chi connectivity index (χ2v) is 6.49. The Morgan fingerprint density at radius 3 is 2.70 bits per heavy atom. The topological polar surface area (TPSA) is 101 Å². The van der Waals surface area contributed by atoms with Gasteiger partial charge in [-0.3, -0.25) is 9.59 Å². The minimum atomic E-state index is -4.46. The number of anilines is 1. The van der Waals surface area contributed by atoms with Crippen molar-refractivity contribution in [1.29, 1.82) is 0 Å². The van der Waals surface area contributed by atoms with E-state index >= 15 is 0 Å². The summed E-state index contributed by atoms with van der Waals surface area (Å²) in [4.78, 5) is 30.1. The number of halogens is 3. The van der Waals surface area contributed by atoms with Crippen LogP contribution in [0, 0.1) is 0 Å². The summed E-state index contributed by atoms with van der Waals surface area (Å²) >= 11 is 1.16. The molecule has 2 heterocycles. The number of amides is 2. The van der Waals surface area contributed by atoms with Gasteiger partial charge in [0.2, 0.25) is 5.91 Å². The van der Waals surface area contributed by atoms with Gasteiger partial charge in [0.15, 0.2) is 5.13 Å². The van der Waals surface area contributed by atoms with E-state index in [1.165, 1.54) is 18.2 Å². The van der Waals surface area contributed by atoms with Gasteiger partial charge in [-0.2, -0.15) is 13.2 Å². The predicted octanol–water partition coefficient (Wildman–Crippen LogP) is 3.44. The van der Waals surface area contributed by atoms with E-state index in [4.69, 9.17) is 5.73 Å². The lowest BCUT2D eigenvalue weighted by Crippen LogP contribution is -2.15. The number of H-pyrrole nitrogens is 1. The largest absolute Gasteiger partial charge is 0.416 e. The maximum Gasteiger partial charge on any atom is 0.416 e. The Bertz CT molecular complexity index is 994. The molecule has 0 saturated heterocycles. The molecule has 0 aliphatic rings. The fourth-order valence-corrected chi connectivity index (χ4v) is 3.09. The van der Waals surface area contributed by atoms with E-state index in [1.807, 2.05) is 0 Å². The number of benzene rings is 1. The van der Waals surface area contributed by atoms with Crippen LogP contribution in [-0.2, 0) is 17.4 Å². The summed E-state index contributed by atoms with van der Waals surface area (Å²) in [6.07, 6.45) is -3.12. The van der Waals surface area contributed by atoms with Gasteiger partial charge in [-0.1, -0.05) is 18.2 Å². The highest BCUT2D eigenvalue weighted by atomic mass is 32.1. The van der Waals surface area contributed by atoms with Gasteiger partial charge in [-0.15, -0.1) is 11.3 Å². The van der Waals surface area contributed by atoms with Crippen LogP contribution >= 0.6 is 11.3 Å². The molecule has 0 atom stereocenters. The molecule has 0 radical (unpaired) electrons. The van der Waals surface area contributed by atoms with Crippen molar-refractivity contribution in [2.75, 3.05) is 5.32 Å². The number of primary amides is 1. The second-order valence-electron chi connectivity index (χ2n) is 5.63. The van der Waals surface area contributed by atoms with E-state index in [-0.39, 0.29) is 17.7 Å². The van der Waals surface area contributed by atoms with Crippen LogP contribution in [0.2, 0.25) is 0 Å². The first-order valence-electron chi connectivity index (χ1n) is 7.62. The fourth-order valence-electron chi connectivity index (χ4n) is 2.35. The molecule has 0 aliphatic heterocycles.